The number of nitrogens with one attached hydrogen (secondary N) is 1. The maximum Gasteiger partial charge on any atom is 0.278 e. The Balaban J connectivity index is 1.55. The summed E-state index contributed by atoms with van der Waals surface area (Å²) in [6, 6.07) is 12.9. The molecule has 2 aromatic carbocycles. The van der Waals surface area contributed by atoms with Gasteiger partial charge < -0.3 is 14.8 Å². The molecule has 180 valence electrons. The molecule has 1 N–H and O–H groups in total. The standard InChI is InChI=1S/C26H30FN3O4/c1-2-15-34-22-6-3-5-21(18-22)28-24-23(19-7-9-20(27)10-8-19)25(31)30(26(24)32)12-4-11-29-13-16-33-17-14-29/h3,5-10,18,28H,2,4,11-17H2,1H3. The van der Waals surface area contributed by atoms with Crippen LogP contribution in [0.5, 0.6) is 5.75 Å². The zero-order valence-electron chi connectivity index (χ0n) is 19.4. The van der Waals surface area contributed by atoms with Crippen molar-refractivity contribution in [3.8, 4) is 5.75 Å². The molecule has 2 aliphatic rings. The summed E-state index contributed by atoms with van der Waals surface area (Å²) >= 11 is 0. The van der Waals surface area contributed by atoms with E-state index in [1.165, 1.54) is 29.2 Å². The highest BCUT2D eigenvalue weighted by Gasteiger charge is 2.39. The summed E-state index contributed by atoms with van der Waals surface area (Å²) in [5, 5.41) is 3.14. The Morgan fingerprint density at radius 1 is 1.03 bits per heavy atom. The molecule has 2 aliphatic heterocycles. The first-order chi connectivity index (χ1) is 16.6. The third kappa shape index (κ3) is 5.63. The SMILES string of the molecule is CCCOc1cccc(NC2=C(c3ccc(F)cc3)C(=O)N(CCCN3CCOCC3)C2=O)c1. The van der Waals surface area contributed by atoms with Gasteiger partial charge in [-0.25, -0.2) is 4.39 Å². The van der Waals surface area contributed by atoms with Crippen LogP contribution >= 0.6 is 0 Å². The van der Waals surface area contributed by atoms with Crippen molar-refractivity contribution in [1.82, 2.24) is 9.80 Å². The van der Waals surface area contributed by atoms with Crippen LogP contribution in [0, 0.1) is 5.82 Å². The van der Waals surface area contributed by atoms with E-state index in [9.17, 15) is 14.0 Å². The van der Waals surface area contributed by atoms with Gasteiger partial charge in [-0.3, -0.25) is 19.4 Å². The zero-order chi connectivity index (χ0) is 23.9. The van der Waals surface area contributed by atoms with Crippen molar-refractivity contribution in [1.29, 1.82) is 0 Å². The Hall–Kier alpha value is -3.23. The van der Waals surface area contributed by atoms with Crippen LogP contribution in [-0.2, 0) is 14.3 Å². The van der Waals surface area contributed by atoms with E-state index >= 15 is 0 Å². The van der Waals surface area contributed by atoms with Crippen LogP contribution in [0.25, 0.3) is 5.57 Å². The molecule has 1 fully saturated rings. The minimum Gasteiger partial charge on any atom is -0.494 e. The summed E-state index contributed by atoms with van der Waals surface area (Å²) in [6.07, 6.45) is 1.55. The number of hydrogen-bond donors (Lipinski definition) is 1. The third-order valence-electron chi connectivity index (χ3n) is 5.84. The number of halogens is 1. The number of anilines is 1. The van der Waals surface area contributed by atoms with Gasteiger partial charge in [0.2, 0.25) is 0 Å². The number of hydrogen-bond acceptors (Lipinski definition) is 6. The Kier molecular flexibility index (Phi) is 7.92. The molecule has 2 amide bonds. The average molecular weight is 468 g/mol. The molecule has 0 radical (unpaired) electrons. The molecule has 8 heteroatoms. The van der Waals surface area contributed by atoms with E-state index in [0.717, 1.165) is 26.1 Å². The molecule has 2 heterocycles. The molecule has 34 heavy (non-hydrogen) atoms. The number of imide groups is 1. The second-order valence-corrected chi connectivity index (χ2v) is 8.33. The molecule has 0 bridgehead atoms. The number of amides is 2. The summed E-state index contributed by atoms with van der Waals surface area (Å²) < 4.78 is 24.6. The van der Waals surface area contributed by atoms with Gasteiger partial charge >= 0.3 is 0 Å². The Morgan fingerprint density at radius 2 is 1.79 bits per heavy atom. The van der Waals surface area contributed by atoms with Gasteiger partial charge in [0, 0.05) is 37.9 Å². The van der Waals surface area contributed by atoms with Crippen molar-refractivity contribution in [2.45, 2.75) is 19.8 Å². The lowest BCUT2D eigenvalue weighted by molar-refractivity contribution is -0.136. The van der Waals surface area contributed by atoms with Gasteiger partial charge in [-0.05, 0) is 42.7 Å². The molecular formula is C26H30FN3O4. The van der Waals surface area contributed by atoms with Gasteiger partial charge in [0.1, 0.15) is 17.3 Å². The lowest BCUT2D eigenvalue weighted by atomic mass is 10.0. The molecular weight excluding hydrogens is 437 g/mol. The third-order valence-corrected chi connectivity index (χ3v) is 5.84. The highest BCUT2D eigenvalue weighted by molar-refractivity contribution is 6.36. The number of morpholine rings is 1. The zero-order valence-corrected chi connectivity index (χ0v) is 19.4. The quantitative estimate of drug-likeness (QED) is 0.539. The first-order valence-corrected chi connectivity index (χ1v) is 11.7. The second kappa shape index (κ2) is 11.3. The number of carbonyl (C=O) groups excluding carboxylic acids is 2. The van der Waals surface area contributed by atoms with Crippen molar-refractivity contribution < 1.29 is 23.5 Å². The average Bonchev–Trinajstić information content (AvgIpc) is 3.08. The molecule has 0 saturated carbocycles. The normalized spacial score (nSPS) is 16.9. The largest absolute Gasteiger partial charge is 0.494 e. The Morgan fingerprint density at radius 3 is 2.53 bits per heavy atom. The molecule has 7 nitrogen and oxygen atoms in total. The summed E-state index contributed by atoms with van der Waals surface area (Å²) in [5.74, 6) is -0.487. The molecule has 0 aromatic heterocycles. The fourth-order valence-electron chi connectivity index (χ4n) is 4.08. The van der Waals surface area contributed by atoms with Crippen molar-refractivity contribution in [3.05, 3.63) is 65.6 Å². The second-order valence-electron chi connectivity index (χ2n) is 8.33. The van der Waals surface area contributed by atoms with Crippen LogP contribution in [0.2, 0.25) is 0 Å². The summed E-state index contributed by atoms with van der Waals surface area (Å²) in [6.45, 7) is 6.81. The maximum absolute atomic E-state index is 13.5. The molecule has 1 saturated heterocycles. The monoisotopic (exact) mass is 467 g/mol. The van der Waals surface area contributed by atoms with E-state index in [2.05, 4.69) is 10.2 Å². The molecule has 0 spiro atoms. The molecule has 0 unspecified atom stereocenters. The van der Waals surface area contributed by atoms with Crippen LogP contribution in [0.4, 0.5) is 10.1 Å². The first-order valence-electron chi connectivity index (χ1n) is 11.7. The number of benzene rings is 2. The van der Waals surface area contributed by atoms with E-state index in [0.29, 0.717) is 49.8 Å². The number of ether oxygens (including phenoxy) is 2. The maximum atomic E-state index is 13.5. The van der Waals surface area contributed by atoms with Crippen LogP contribution in [0.1, 0.15) is 25.3 Å². The van der Waals surface area contributed by atoms with Crippen LogP contribution in [0.3, 0.4) is 0 Å². The molecule has 0 atom stereocenters. The van der Waals surface area contributed by atoms with Crippen molar-refractivity contribution in [2.75, 3.05) is 51.3 Å². The van der Waals surface area contributed by atoms with E-state index in [-0.39, 0.29) is 23.1 Å². The van der Waals surface area contributed by atoms with E-state index in [1.807, 2.05) is 25.1 Å². The smallest absolute Gasteiger partial charge is 0.278 e. The fraction of sp³-hybridized carbons (Fsp3) is 0.385. The van der Waals surface area contributed by atoms with Gasteiger partial charge in [0.05, 0.1) is 25.4 Å². The van der Waals surface area contributed by atoms with E-state index in [1.54, 1.807) is 6.07 Å². The van der Waals surface area contributed by atoms with Gasteiger partial charge in [-0.15, -0.1) is 0 Å². The predicted octanol–water partition coefficient (Wildman–Crippen LogP) is 3.53. The fourth-order valence-corrected chi connectivity index (χ4v) is 4.08. The topological polar surface area (TPSA) is 71.1 Å². The van der Waals surface area contributed by atoms with Crippen LogP contribution in [0.15, 0.2) is 54.2 Å². The highest BCUT2D eigenvalue weighted by Crippen LogP contribution is 2.31. The van der Waals surface area contributed by atoms with Crippen molar-refractivity contribution in [3.63, 3.8) is 0 Å². The summed E-state index contributed by atoms with van der Waals surface area (Å²) in [5.41, 5.74) is 1.57. The molecule has 0 aliphatic carbocycles. The minimum absolute atomic E-state index is 0.190. The Bertz CT molecular complexity index is 1050. The van der Waals surface area contributed by atoms with Gasteiger partial charge in [-0.2, -0.15) is 0 Å². The number of rotatable bonds is 10. The Labute approximate surface area is 199 Å². The number of carbonyl (C=O) groups is 2. The predicted molar refractivity (Wildman–Crippen MR) is 128 cm³/mol. The van der Waals surface area contributed by atoms with E-state index < -0.39 is 5.82 Å². The van der Waals surface area contributed by atoms with E-state index in [4.69, 9.17) is 9.47 Å². The summed E-state index contributed by atoms with van der Waals surface area (Å²) in [7, 11) is 0. The summed E-state index contributed by atoms with van der Waals surface area (Å²) in [4.78, 5) is 30.2. The van der Waals surface area contributed by atoms with Crippen LogP contribution < -0.4 is 10.1 Å². The van der Waals surface area contributed by atoms with Gasteiger partial charge in [0.25, 0.3) is 11.8 Å². The van der Waals surface area contributed by atoms with Gasteiger partial charge in [-0.1, -0.05) is 25.1 Å². The van der Waals surface area contributed by atoms with Crippen LogP contribution in [-0.4, -0.2) is 67.6 Å². The van der Waals surface area contributed by atoms with Crippen molar-refractivity contribution >= 4 is 23.1 Å². The lowest BCUT2D eigenvalue weighted by Gasteiger charge is -2.27. The van der Waals surface area contributed by atoms with Crippen molar-refractivity contribution in [2.24, 2.45) is 0 Å². The lowest BCUT2D eigenvalue weighted by Crippen LogP contribution is -2.39. The van der Waals surface area contributed by atoms with Gasteiger partial charge in [0.15, 0.2) is 0 Å². The first kappa shape index (κ1) is 23.9. The molecule has 2 aromatic rings. The highest BCUT2D eigenvalue weighted by atomic mass is 19.1. The number of nitrogens with zero attached hydrogens (tertiary/aromatic N) is 2. The molecule has 4 rings (SSSR count). The minimum atomic E-state index is -0.404.